The Morgan fingerprint density at radius 1 is 1.41 bits per heavy atom. The molecule has 1 aromatic carbocycles. The third kappa shape index (κ3) is 4.77. The number of halogens is 2. The van der Waals surface area contributed by atoms with Gasteiger partial charge in [-0.25, -0.2) is 0 Å². The molecule has 0 aromatic heterocycles. The van der Waals surface area contributed by atoms with Crippen LogP contribution in [0.4, 0.5) is 0 Å². The van der Waals surface area contributed by atoms with E-state index < -0.39 is 0 Å². The predicted molar refractivity (Wildman–Crippen MR) is 92.4 cm³/mol. The number of rotatable bonds is 5. The van der Waals surface area contributed by atoms with Crippen LogP contribution in [0.15, 0.2) is 18.2 Å². The number of piperidine rings is 1. The van der Waals surface area contributed by atoms with Crippen LogP contribution < -0.4 is 10.1 Å². The van der Waals surface area contributed by atoms with Crippen molar-refractivity contribution in [3.8, 4) is 5.75 Å². The van der Waals surface area contributed by atoms with Crippen molar-refractivity contribution in [3.05, 3.63) is 28.8 Å². The van der Waals surface area contributed by atoms with Gasteiger partial charge in [-0.05, 0) is 50.0 Å². The van der Waals surface area contributed by atoms with Crippen LogP contribution >= 0.6 is 24.0 Å². The lowest BCUT2D eigenvalue weighted by atomic mass is 9.96. The monoisotopic (exact) mass is 346 g/mol. The minimum Gasteiger partial charge on any atom is -0.496 e. The molecular weight excluding hydrogens is 323 g/mol. The second-order valence-corrected chi connectivity index (χ2v) is 5.82. The van der Waals surface area contributed by atoms with E-state index in [2.05, 4.69) is 12.2 Å². The molecular formula is C16H24Cl2N2O2. The molecule has 0 atom stereocenters. The molecule has 2 rings (SSSR count). The van der Waals surface area contributed by atoms with Gasteiger partial charge in [-0.3, -0.25) is 4.79 Å². The summed E-state index contributed by atoms with van der Waals surface area (Å²) in [6, 6.07) is 5.17. The van der Waals surface area contributed by atoms with Gasteiger partial charge in [-0.1, -0.05) is 18.5 Å². The van der Waals surface area contributed by atoms with Crippen LogP contribution in [0.1, 0.15) is 30.1 Å². The van der Waals surface area contributed by atoms with E-state index in [-0.39, 0.29) is 18.3 Å². The SMILES string of the molecule is CCNCC1CCN(C(=O)c2cc(Cl)ccc2OC)CC1.Cl. The Bertz CT molecular complexity index is 489. The number of methoxy groups -OCH3 is 1. The minimum atomic E-state index is 0. The zero-order valence-electron chi connectivity index (χ0n) is 13.1. The van der Waals surface area contributed by atoms with Gasteiger partial charge >= 0.3 is 0 Å². The highest BCUT2D eigenvalue weighted by atomic mass is 35.5. The van der Waals surface area contributed by atoms with E-state index in [4.69, 9.17) is 16.3 Å². The Balaban J connectivity index is 0.00000242. The van der Waals surface area contributed by atoms with Crippen LogP contribution in [-0.2, 0) is 0 Å². The second-order valence-electron chi connectivity index (χ2n) is 5.39. The molecule has 0 radical (unpaired) electrons. The molecule has 22 heavy (non-hydrogen) atoms. The van der Waals surface area contributed by atoms with Crippen molar-refractivity contribution in [2.45, 2.75) is 19.8 Å². The van der Waals surface area contributed by atoms with Crippen LogP contribution in [0.2, 0.25) is 5.02 Å². The van der Waals surface area contributed by atoms with Gasteiger partial charge in [0, 0.05) is 18.1 Å². The first-order valence-corrected chi connectivity index (χ1v) is 7.87. The van der Waals surface area contributed by atoms with Gasteiger partial charge in [-0.15, -0.1) is 12.4 Å². The summed E-state index contributed by atoms with van der Waals surface area (Å²) in [4.78, 5) is 14.5. The maximum atomic E-state index is 12.6. The summed E-state index contributed by atoms with van der Waals surface area (Å²) in [6.07, 6.45) is 2.09. The summed E-state index contributed by atoms with van der Waals surface area (Å²) in [5.41, 5.74) is 0.551. The van der Waals surface area contributed by atoms with Gasteiger partial charge in [0.25, 0.3) is 5.91 Å². The normalized spacial score (nSPS) is 15.3. The first-order valence-electron chi connectivity index (χ1n) is 7.49. The Morgan fingerprint density at radius 2 is 2.09 bits per heavy atom. The molecule has 1 fully saturated rings. The summed E-state index contributed by atoms with van der Waals surface area (Å²) in [5, 5.41) is 3.94. The van der Waals surface area contributed by atoms with Gasteiger partial charge < -0.3 is 15.0 Å². The molecule has 1 heterocycles. The topological polar surface area (TPSA) is 41.6 Å². The van der Waals surface area contributed by atoms with E-state index in [0.717, 1.165) is 39.0 Å². The molecule has 1 aliphatic heterocycles. The zero-order chi connectivity index (χ0) is 15.2. The molecule has 0 bridgehead atoms. The molecule has 1 N–H and O–H groups in total. The number of hydrogen-bond donors (Lipinski definition) is 1. The van der Waals surface area contributed by atoms with E-state index in [9.17, 15) is 4.79 Å². The number of carbonyl (C=O) groups excluding carboxylic acids is 1. The Hall–Kier alpha value is -0.970. The van der Waals surface area contributed by atoms with E-state index in [0.29, 0.717) is 22.3 Å². The van der Waals surface area contributed by atoms with Gasteiger partial charge in [0.2, 0.25) is 0 Å². The van der Waals surface area contributed by atoms with E-state index in [1.165, 1.54) is 0 Å². The summed E-state index contributed by atoms with van der Waals surface area (Å²) in [7, 11) is 1.57. The van der Waals surface area contributed by atoms with Gasteiger partial charge in [0.1, 0.15) is 5.75 Å². The zero-order valence-corrected chi connectivity index (χ0v) is 14.7. The molecule has 0 unspecified atom stereocenters. The summed E-state index contributed by atoms with van der Waals surface area (Å²) in [6.45, 7) is 5.75. The first kappa shape index (κ1) is 19.1. The largest absolute Gasteiger partial charge is 0.496 e. The quantitative estimate of drug-likeness (QED) is 0.889. The highest BCUT2D eigenvalue weighted by molar-refractivity contribution is 6.31. The van der Waals surface area contributed by atoms with Crippen LogP contribution in [0.25, 0.3) is 0 Å². The third-order valence-electron chi connectivity index (χ3n) is 3.98. The predicted octanol–water partition coefficient (Wildman–Crippen LogP) is 3.23. The fourth-order valence-corrected chi connectivity index (χ4v) is 2.88. The first-order chi connectivity index (χ1) is 10.2. The molecule has 1 aromatic rings. The Morgan fingerprint density at radius 3 is 2.68 bits per heavy atom. The maximum Gasteiger partial charge on any atom is 0.257 e. The van der Waals surface area contributed by atoms with Gasteiger partial charge in [0.05, 0.1) is 12.7 Å². The molecule has 1 saturated heterocycles. The summed E-state index contributed by atoms with van der Waals surface area (Å²) in [5.74, 6) is 1.26. The fourth-order valence-electron chi connectivity index (χ4n) is 2.71. The number of nitrogens with one attached hydrogen (secondary N) is 1. The number of carbonyl (C=O) groups is 1. The summed E-state index contributed by atoms with van der Waals surface area (Å²) < 4.78 is 5.27. The standard InChI is InChI=1S/C16H23ClN2O2.ClH/c1-3-18-11-12-6-8-19(9-7-12)16(20)14-10-13(17)4-5-15(14)21-2;/h4-5,10,12,18H,3,6-9,11H2,1-2H3;1H. The molecule has 1 amide bonds. The van der Waals surface area contributed by atoms with Crippen molar-refractivity contribution >= 4 is 29.9 Å². The second kappa shape index (κ2) is 9.23. The van der Waals surface area contributed by atoms with Crippen LogP contribution in [0.3, 0.4) is 0 Å². The third-order valence-corrected chi connectivity index (χ3v) is 4.21. The minimum absolute atomic E-state index is 0. The summed E-state index contributed by atoms with van der Waals surface area (Å²) >= 11 is 6.00. The van der Waals surface area contributed by atoms with Crippen molar-refractivity contribution in [1.29, 1.82) is 0 Å². The van der Waals surface area contributed by atoms with E-state index in [1.807, 2.05) is 4.90 Å². The molecule has 0 saturated carbocycles. The molecule has 0 spiro atoms. The van der Waals surface area contributed by atoms with Crippen LogP contribution in [-0.4, -0.2) is 44.1 Å². The number of hydrogen-bond acceptors (Lipinski definition) is 3. The van der Waals surface area contributed by atoms with Crippen molar-refractivity contribution < 1.29 is 9.53 Å². The lowest BCUT2D eigenvalue weighted by molar-refractivity contribution is 0.0687. The lowest BCUT2D eigenvalue weighted by Gasteiger charge is -2.32. The number of amides is 1. The number of benzene rings is 1. The molecule has 124 valence electrons. The average molecular weight is 347 g/mol. The number of nitrogens with zero attached hydrogens (tertiary/aromatic N) is 1. The van der Waals surface area contributed by atoms with Crippen molar-refractivity contribution in [3.63, 3.8) is 0 Å². The molecule has 4 nitrogen and oxygen atoms in total. The van der Waals surface area contributed by atoms with Crippen LogP contribution in [0.5, 0.6) is 5.75 Å². The average Bonchev–Trinajstić information content (AvgIpc) is 2.52. The lowest BCUT2D eigenvalue weighted by Crippen LogP contribution is -2.40. The molecule has 1 aliphatic rings. The smallest absolute Gasteiger partial charge is 0.257 e. The number of ether oxygens (including phenoxy) is 1. The highest BCUT2D eigenvalue weighted by Gasteiger charge is 2.25. The van der Waals surface area contributed by atoms with E-state index >= 15 is 0 Å². The molecule has 0 aliphatic carbocycles. The Kier molecular flexibility index (Phi) is 8.01. The van der Waals surface area contributed by atoms with Crippen LogP contribution in [0, 0.1) is 5.92 Å². The van der Waals surface area contributed by atoms with Gasteiger partial charge in [-0.2, -0.15) is 0 Å². The maximum absolute atomic E-state index is 12.6. The molecule has 6 heteroatoms. The highest BCUT2D eigenvalue weighted by Crippen LogP contribution is 2.26. The number of likely N-dealkylation sites (tertiary alicyclic amines) is 1. The van der Waals surface area contributed by atoms with Gasteiger partial charge in [0.15, 0.2) is 0 Å². The van der Waals surface area contributed by atoms with Crippen molar-refractivity contribution in [1.82, 2.24) is 10.2 Å². The van der Waals surface area contributed by atoms with Crippen molar-refractivity contribution in [2.75, 3.05) is 33.3 Å². The van der Waals surface area contributed by atoms with E-state index in [1.54, 1.807) is 25.3 Å². The van der Waals surface area contributed by atoms with Crippen molar-refractivity contribution in [2.24, 2.45) is 5.92 Å². The fraction of sp³-hybridized carbons (Fsp3) is 0.562. The Labute approximate surface area is 143 Å².